The van der Waals surface area contributed by atoms with Crippen LogP contribution in [0.1, 0.15) is 70.2 Å². The van der Waals surface area contributed by atoms with Crippen molar-refractivity contribution in [2.24, 2.45) is 0 Å². The summed E-state index contributed by atoms with van der Waals surface area (Å²) in [4.78, 5) is 0. The average Bonchev–Trinajstić information content (AvgIpc) is 3.46. The molecule has 2 fully saturated rings. The molecule has 0 saturated carbocycles. The molecule has 0 aromatic heterocycles. The highest BCUT2D eigenvalue weighted by molar-refractivity contribution is 4.84. The standard InChI is InChI=1S/C7H12F2O2.C6H12O2.2CF4.2CH2F2.2CH3F.4CH4/c1-3-7(8,9)6(2)10-4-5-11-6;1-3-6(2)7-4-5-8-6;2*2-1(3,4)5;2*2-1-3;2*1-2;;;;/h3-5H2,1-2H3;3-5H2,1-2H3;;;2*1H2;2*1H3;4*1H4. The second-order valence-corrected chi connectivity index (χ2v) is 5.94. The summed E-state index contributed by atoms with van der Waals surface area (Å²) in [5.74, 6) is -4.84. The third-order valence-corrected chi connectivity index (χ3v) is 3.49. The lowest BCUT2D eigenvalue weighted by Crippen LogP contribution is -2.45. The van der Waals surface area contributed by atoms with E-state index in [2.05, 4.69) is 6.92 Å². The van der Waals surface area contributed by atoms with Crippen LogP contribution in [0.5, 0.6) is 0 Å². The first kappa shape index (κ1) is 68.8. The third-order valence-electron chi connectivity index (χ3n) is 3.49. The van der Waals surface area contributed by atoms with Crippen LogP contribution in [0.25, 0.3) is 0 Å². The summed E-state index contributed by atoms with van der Waals surface area (Å²) < 4.78 is 181. The van der Waals surface area contributed by atoms with Crippen LogP contribution in [0, 0.1) is 0 Å². The first-order valence-electron chi connectivity index (χ1n) is 10.1. The maximum atomic E-state index is 13.0. The van der Waals surface area contributed by atoms with Crippen LogP contribution in [0.4, 0.5) is 70.2 Å². The number of halogens is 16. The van der Waals surface area contributed by atoms with Crippen molar-refractivity contribution in [3.05, 3.63) is 0 Å². The molecule has 4 nitrogen and oxygen atoms in total. The predicted molar refractivity (Wildman–Crippen MR) is 136 cm³/mol. The van der Waals surface area contributed by atoms with Gasteiger partial charge >= 0.3 is 12.9 Å². The molecular weight excluding hydrogens is 644 g/mol. The Hall–Kier alpha value is -1.28. The summed E-state index contributed by atoms with van der Waals surface area (Å²) in [5, 5.41) is 0. The minimum Gasteiger partial charge on any atom is -0.348 e. The highest BCUT2D eigenvalue weighted by Crippen LogP contribution is 2.38. The fraction of sp³-hybridized carbons (Fsp3) is 1.00. The fourth-order valence-electron chi connectivity index (χ4n) is 1.81. The highest BCUT2D eigenvalue weighted by atomic mass is 19.5. The molecular formula is C23H50F16O4. The minimum atomic E-state index is -5.50. The van der Waals surface area contributed by atoms with Crippen molar-refractivity contribution in [1.82, 2.24) is 0 Å². The van der Waals surface area contributed by atoms with E-state index in [4.69, 9.17) is 18.9 Å². The molecule has 43 heavy (non-hydrogen) atoms. The number of alkyl halides is 16. The largest absolute Gasteiger partial charge is 0.559 e. The molecule has 0 amide bonds. The van der Waals surface area contributed by atoms with Crippen LogP contribution in [-0.4, -0.2) is 85.0 Å². The Kier molecular flexibility index (Phi) is 61.9. The second-order valence-electron chi connectivity index (χ2n) is 5.94. The molecule has 2 rings (SSSR count). The number of hydrogen-bond acceptors (Lipinski definition) is 4. The maximum Gasteiger partial charge on any atom is 0.559 e. The Labute approximate surface area is 245 Å². The quantitative estimate of drug-likeness (QED) is 0.276. The van der Waals surface area contributed by atoms with Crippen LogP contribution < -0.4 is 0 Å². The van der Waals surface area contributed by atoms with Gasteiger partial charge in [0.25, 0.3) is 5.92 Å². The molecule has 2 aliphatic heterocycles. The lowest BCUT2D eigenvalue weighted by atomic mass is 10.1. The van der Waals surface area contributed by atoms with E-state index in [1.54, 1.807) is 0 Å². The second kappa shape index (κ2) is 38.7. The van der Waals surface area contributed by atoms with Crippen molar-refractivity contribution in [2.75, 3.05) is 54.6 Å². The van der Waals surface area contributed by atoms with Gasteiger partial charge in [0.1, 0.15) is 0 Å². The molecule has 0 aliphatic carbocycles. The van der Waals surface area contributed by atoms with Gasteiger partial charge in [-0.1, -0.05) is 43.6 Å². The molecule has 2 aliphatic rings. The Morgan fingerprint density at radius 2 is 0.698 bits per heavy atom. The number of ether oxygens (including phenoxy) is 4. The van der Waals surface area contributed by atoms with E-state index >= 15 is 0 Å². The fourth-order valence-corrected chi connectivity index (χ4v) is 1.81. The first-order chi connectivity index (χ1) is 17.6. The van der Waals surface area contributed by atoms with Gasteiger partial charge in [-0.2, -0.15) is 0 Å². The molecule has 0 unspecified atom stereocenters. The first-order valence-corrected chi connectivity index (χ1v) is 10.1. The lowest BCUT2D eigenvalue weighted by Gasteiger charge is -2.30. The van der Waals surface area contributed by atoms with Gasteiger partial charge in [0.15, 0.2) is 5.79 Å². The van der Waals surface area contributed by atoms with Crippen molar-refractivity contribution >= 4 is 0 Å². The van der Waals surface area contributed by atoms with Crippen molar-refractivity contribution in [2.45, 2.75) is 101 Å². The molecule has 0 spiro atoms. The molecule has 0 atom stereocenters. The Morgan fingerprint density at radius 3 is 0.837 bits per heavy atom. The Morgan fingerprint density at radius 1 is 0.512 bits per heavy atom. The smallest absolute Gasteiger partial charge is 0.348 e. The normalized spacial score (nSPS) is 14.9. The van der Waals surface area contributed by atoms with Crippen LogP contribution in [-0.2, 0) is 18.9 Å². The molecule has 2 heterocycles. The van der Waals surface area contributed by atoms with Gasteiger partial charge in [-0.3, -0.25) is 8.78 Å². The molecule has 278 valence electrons. The zero-order chi connectivity index (χ0) is 33.0. The monoisotopic (exact) mass is 694 g/mol. The van der Waals surface area contributed by atoms with Crippen LogP contribution >= 0.6 is 0 Å². The maximum absolute atomic E-state index is 13.0. The van der Waals surface area contributed by atoms with E-state index in [1.807, 2.05) is 6.92 Å². The van der Waals surface area contributed by atoms with Crippen LogP contribution in [0.3, 0.4) is 0 Å². The van der Waals surface area contributed by atoms with E-state index in [0.29, 0.717) is 14.4 Å². The summed E-state index contributed by atoms with van der Waals surface area (Å²) in [6.07, 6.45) is -10.3. The molecule has 0 aromatic rings. The van der Waals surface area contributed by atoms with Crippen molar-refractivity contribution in [3.63, 3.8) is 0 Å². The third kappa shape index (κ3) is 60.7. The zero-order valence-electron chi connectivity index (χ0n) is 21.8. The van der Waals surface area contributed by atoms with E-state index in [1.165, 1.54) is 13.8 Å². The molecule has 2 saturated heterocycles. The summed E-state index contributed by atoms with van der Waals surface area (Å²) in [6.45, 7) is 5.25. The SMILES string of the molecule is C.C.C.C.CCC(F)(F)C1(C)OCCO1.CCC1(C)OCCO1.CF.CF.FC(F)(F)F.FC(F)(F)F.FCF.FCF. The molecule has 0 radical (unpaired) electrons. The van der Waals surface area contributed by atoms with Gasteiger partial charge in [0.05, 0.1) is 40.8 Å². The number of hydrogen-bond donors (Lipinski definition) is 0. The summed E-state index contributed by atoms with van der Waals surface area (Å²) >= 11 is 0. The van der Waals surface area contributed by atoms with Gasteiger partial charge in [-0.25, -0.2) is 26.3 Å². The van der Waals surface area contributed by atoms with Crippen molar-refractivity contribution in [3.8, 4) is 0 Å². The Bertz CT molecular complexity index is 445. The minimum absolute atomic E-state index is 0. The zero-order valence-corrected chi connectivity index (χ0v) is 21.8. The summed E-state index contributed by atoms with van der Waals surface area (Å²) in [7, 11) is 1.00. The van der Waals surface area contributed by atoms with Crippen LogP contribution in [0.15, 0.2) is 0 Å². The number of rotatable bonds is 3. The van der Waals surface area contributed by atoms with Crippen LogP contribution in [0.2, 0.25) is 0 Å². The molecule has 20 heteroatoms. The highest BCUT2D eigenvalue weighted by Gasteiger charge is 2.53. The van der Waals surface area contributed by atoms with Gasteiger partial charge in [-0.15, -0.1) is 35.1 Å². The van der Waals surface area contributed by atoms with Gasteiger partial charge in [-0.05, 0) is 20.3 Å². The van der Waals surface area contributed by atoms with Gasteiger partial charge < -0.3 is 18.9 Å². The van der Waals surface area contributed by atoms with Gasteiger partial charge in [0.2, 0.25) is 19.6 Å². The predicted octanol–water partition coefficient (Wildman–Crippen LogP) is 11.4. The summed E-state index contributed by atoms with van der Waals surface area (Å²) in [6, 6.07) is 0. The van der Waals surface area contributed by atoms with E-state index in [0.717, 1.165) is 19.6 Å². The van der Waals surface area contributed by atoms with Gasteiger partial charge in [0, 0.05) is 6.42 Å². The lowest BCUT2D eigenvalue weighted by molar-refractivity contribution is -0.279. The van der Waals surface area contributed by atoms with E-state index in [9.17, 15) is 70.2 Å². The van der Waals surface area contributed by atoms with Crippen molar-refractivity contribution < 1.29 is 89.2 Å². The van der Waals surface area contributed by atoms with Crippen molar-refractivity contribution in [1.29, 1.82) is 0 Å². The summed E-state index contributed by atoms with van der Waals surface area (Å²) in [5.41, 5.74) is 0. The van der Waals surface area contributed by atoms with E-state index < -0.39 is 38.4 Å². The molecule has 0 N–H and O–H groups in total. The molecule has 0 bridgehead atoms. The average molecular weight is 695 g/mol. The topological polar surface area (TPSA) is 36.9 Å². The van der Waals surface area contributed by atoms with E-state index in [-0.39, 0.29) is 55.1 Å². The molecule has 0 aromatic carbocycles. The Balaban J connectivity index is -0.0000000384.